The topological polar surface area (TPSA) is 88.5 Å². The molecular formula is C33H44N2O6. The number of fused-ring (bicyclic) bond motifs is 1. The molecule has 0 aliphatic carbocycles. The third-order valence-electron chi connectivity index (χ3n) is 7.85. The first-order valence-corrected chi connectivity index (χ1v) is 15.0. The van der Waals surface area contributed by atoms with Gasteiger partial charge in [0.1, 0.15) is 17.6 Å². The first kappa shape index (κ1) is 30.4. The maximum atomic E-state index is 13.6. The molecule has 0 saturated carbocycles. The fourth-order valence-corrected chi connectivity index (χ4v) is 5.59. The Labute approximate surface area is 243 Å². The van der Waals surface area contributed by atoms with Crippen LogP contribution in [0.4, 0.5) is 0 Å². The molecule has 1 fully saturated rings. The highest BCUT2D eigenvalue weighted by molar-refractivity contribution is 6.46. The molecule has 8 nitrogen and oxygen atoms in total. The van der Waals surface area contributed by atoms with Gasteiger partial charge in [-0.3, -0.25) is 9.59 Å². The molecule has 41 heavy (non-hydrogen) atoms. The van der Waals surface area contributed by atoms with Gasteiger partial charge in [0.15, 0.2) is 11.5 Å². The van der Waals surface area contributed by atoms with Crippen LogP contribution in [0.25, 0.3) is 5.76 Å². The van der Waals surface area contributed by atoms with Gasteiger partial charge in [-0.15, -0.1) is 0 Å². The lowest BCUT2D eigenvalue weighted by Gasteiger charge is -2.28. The number of benzene rings is 2. The molecule has 0 unspecified atom stereocenters. The number of likely N-dealkylation sites (N-methyl/N-ethyl adjacent to an activating group) is 1. The molecule has 1 N–H and O–H groups in total. The molecule has 2 atom stereocenters. The number of ketones is 1. The Kier molecular flexibility index (Phi) is 10.3. The van der Waals surface area contributed by atoms with Crippen molar-refractivity contribution >= 4 is 17.4 Å². The summed E-state index contributed by atoms with van der Waals surface area (Å²) in [4.78, 5) is 30.8. The van der Waals surface area contributed by atoms with Crippen molar-refractivity contribution < 1.29 is 28.9 Å². The fourth-order valence-electron chi connectivity index (χ4n) is 5.59. The van der Waals surface area contributed by atoms with Crippen LogP contribution >= 0.6 is 0 Å². The van der Waals surface area contributed by atoms with E-state index in [-0.39, 0.29) is 17.4 Å². The number of likely N-dealkylation sites (tertiary alicyclic amines) is 1. The summed E-state index contributed by atoms with van der Waals surface area (Å²) in [6.07, 6.45) is 3.89. The minimum absolute atomic E-state index is 0.0488. The molecule has 0 radical (unpaired) electrons. The Balaban J connectivity index is 1.77. The van der Waals surface area contributed by atoms with Gasteiger partial charge in [0.05, 0.1) is 24.8 Å². The molecule has 0 aromatic heterocycles. The number of Topliss-reactive ketones (excluding diaryl/α,β-unsaturated/α-hetero) is 1. The van der Waals surface area contributed by atoms with Gasteiger partial charge in [-0.25, -0.2) is 0 Å². The number of hydrogen-bond donors (Lipinski definition) is 1. The van der Waals surface area contributed by atoms with Crippen LogP contribution in [-0.2, 0) is 16.0 Å². The van der Waals surface area contributed by atoms with Gasteiger partial charge in [-0.05, 0) is 74.8 Å². The Morgan fingerprint density at radius 1 is 1.02 bits per heavy atom. The van der Waals surface area contributed by atoms with Crippen molar-refractivity contribution in [3.05, 3.63) is 58.7 Å². The minimum Gasteiger partial charge on any atom is -0.507 e. The molecule has 8 heteroatoms. The van der Waals surface area contributed by atoms with Gasteiger partial charge in [0, 0.05) is 25.1 Å². The first-order chi connectivity index (χ1) is 19.8. The quantitative estimate of drug-likeness (QED) is 0.135. The highest BCUT2D eigenvalue weighted by Gasteiger charge is 2.46. The van der Waals surface area contributed by atoms with E-state index in [0.717, 1.165) is 50.1 Å². The second kappa shape index (κ2) is 13.9. The number of amides is 1. The molecule has 1 amide bonds. The monoisotopic (exact) mass is 564 g/mol. The van der Waals surface area contributed by atoms with Crippen molar-refractivity contribution in [2.75, 3.05) is 39.4 Å². The third-order valence-corrected chi connectivity index (χ3v) is 7.85. The van der Waals surface area contributed by atoms with E-state index < -0.39 is 17.7 Å². The van der Waals surface area contributed by atoms with Crippen LogP contribution in [0.1, 0.15) is 76.6 Å². The molecule has 0 bridgehead atoms. The summed E-state index contributed by atoms with van der Waals surface area (Å²) in [5.74, 6) is 0.480. The number of rotatable bonds is 14. The SMILES string of the molecule is CCCCCOc1ccc([C@H]2/C(=C(\O)c3ccc4c(c3)C[C@@H](C)O4)C(=O)C(=O)N2CCN(CC)CC)cc1OCC. The summed E-state index contributed by atoms with van der Waals surface area (Å²) < 4.78 is 17.8. The highest BCUT2D eigenvalue weighted by Crippen LogP contribution is 2.43. The second-order valence-corrected chi connectivity index (χ2v) is 10.7. The summed E-state index contributed by atoms with van der Waals surface area (Å²) >= 11 is 0. The Morgan fingerprint density at radius 3 is 2.51 bits per heavy atom. The van der Waals surface area contributed by atoms with Gasteiger partial charge < -0.3 is 29.1 Å². The van der Waals surface area contributed by atoms with E-state index in [4.69, 9.17) is 14.2 Å². The van der Waals surface area contributed by atoms with Gasteiger partial charge in [0.25, 0.3) is 11.7 Å². The Hall–Kier alpha value is -3.52. The van der Waals surface area contributed by atoms with Gasteiger partial charge >= 0.3 is 0 Å². The normalized spacial score (nSPS) is 19.5. The number of hydrogen-bond acceptors (Lipinski definition) is 7. The lowest BCUT2D eigenvalue weighted by molar-refractivity contribution is -0.140. The van der Waals surface area contributed by atoms with Crippen molar-refractivity contribution in [2.24, 2.45) is 0 Å². The van der Waals surface area contributed by atoms with Crippen LogP contribution in [0.5, 0.6) is 17.2 Å². The Bertz CT molecular complexity index is 1270. The highest BCUT2D eigenvalue weighted by atomic mass is 16.5. The molecule has 0 spiro atoms. The average Bonchev–Trinajstić information content (AvgIpc) is 3.47. The zero-order valence-electron chi connectivity index (χ0n) is 25.1. The van der Waals surface area contributed by atoms with Crippen molar-refractivity contribution in [3.8, 4) is 17.2 Å². The third kappa shape index (κ3) is 6.70. The predicted octanol–water partition coefficient (Wildman–Crippen LogP) is 5.74. The van der Waals surface area contributed by atoms with E-state index in [1.807, 2.05) is 44.2 Å². The number of nitrogens with zero attached hydrogens (tertiary/aromatic N) is 2. The molecule has 4 rings (SSSR count). The van der Waals surface area contributed by atoms with Crippen LogP contribution in [0.15, 0.2) is 42.0 Å². The van der Waals surface area contributed by atoms with E-state index >= 15 is 0 Å². The van der Waals surface area contributed by atoms with Crippen molar-refractivity contribution in [1.29, 1.82) is 0 Å². The minimum atomic E-state index is -0.762. The maximum absolute atomic E-state index is 13.6. The lowest BCUT2D eigenvalue weighted by Crippen LogP contribution is -2.38. The van der Waals surface area contributed by atoms with E-state index in [0.29, 0.717) is 48.9 Å². The van der Waals surface area contributed by atoms with Crippen molar-refractivity contribution in [2.45, 2.75) is 72.4 Å². The van der Waals surface area contributed by atoms with E-state index in [1.54, 1.807) is 11.0 Å². The molecule has 2 aromatic rings. The van der Waals surface area contributed by atoms with E-state index in [1.165, 1.54) is 0 Å². The maximum Gasteiger partial charge on any atom is 0.295 e. The first-order valence-electron chi connectivity index (χ1n) is 15.0. The fraction of sp³-hybridized carbons (Fsp3) is 0.515. The van der Waals surface area contributed by atoms with Crippen molar-refractivity contribution in [3.63, 3.8) is 0 Å². The molecule has 222 valence electrons. The number of aliphatic hydroxyl groups is 1. The average molecular weight is 565 g/mol. The number of unbranched alkanes of at least 4 members (excludes halogenated alkanes) is 2. The van der Waals surface area contributed by atoms with E-state index in [2.05, 4.69) is 25.7 Å². The summed E-state index contributed by atoms with van der Waals surface area (Å²) in [6.45, 7) is 13.8. The zero-order valence-corrected chi connectivity index (χ0v) is 25.1. The number of carbonyl (C=O) groups excluding carboxylic acids is 2. The standard InChI is InChI=1S/C33H44N2O6/c1-6-10-11-18-40-27-15-12-23(21-28(27)39-9-4)30-29(32(37)33(38)35(30)17-16-34(7-2)8-3)31(36)24-13-14-26-25(20-24)19-22(5)41-26/h12-15,20-22,30,36H,6-11,16-19H2,1-5H3/b31-29+/t22-,30+/m1/s1. The van der Waals surface area contributed by atoms with Gasteiger partial charge in [0.2, 0.25) is 0 Å². The lowest BCUT2D eigenvalue weighted by atomic mass is 9.94. The smallest absolute Gasteiger partial charge is 0.295 e. The number of aliphatic hydroxyl groups excluding tert-OH is 1. The Morgan fingerprint density at radius 2 is 1.80 bits per heavy atom. The van der Waals surface area contributed by atoms with Crippen LogP contribution < -0.4 is 14.2 Å². The predicted molar refractivity (Wildman–Crippen MR) is 160 cm³/mol. The molecule has 2 aromatic carbocycles. The largest absolute Gasteiger partial charge is 0.507 e. The summed E-state index contributed by atoms with van der Waals surface area (Å²) in [7, 11) is 0. The summed E-state index contributed by atoms with van der Waals surface area (Å²) in [5.41, 5.74) is 2.24. The van der Waals surface area contributed by atoms with Gasteiger partial charge in [-0.1, -0.05) is 39.7 Å². The molecule has 2 aliphatic rings. The molecule has 1 saturated heterocycles. The van der Waals surface area contributed by atoms with Gasteiger partial charge in [-0.2, -0.15) is 0 Å². The van der Waals surface area contributed by atoms with E-state index in [9.17, 15) is 14.7 Å². The summed E-state index contributed by atoms with van der Waals surface area (Å²) in [5, 5.41) is 11.6. The zero-order chi connectivity index (χ0) is 29.5. The molecule has 2 heterocycles. The number of ether oxygens (including phenoxy) is 3. The summed E-state index contributed by atoms with van der Waals surface area (Å²) in [6, 6.07) is 10.2. The van der Waals surface area contributed by atoms with Crippen LogP contribution in [0, 0.1) is 0 Å². The number of carbonyl (C=O) groups is 2. The molecular weight excluding hydrogens is 520 g/mol. The van der Waals surface area contributed by atoms with Crippen molar-refractivity contribution in [1.82, 2.24) is 9.80 Å². The van der Waals surface area contributed by atoms with Crippen LogP contribution in [0.3, 0.4) is 0 Å². The second-order valence-electron chi connectivity index (χ2n) is 10.7. The molecule has 2 aliphatic heterocycles. The van der Waals surface area contributed by atoms with Crippen LogP contribution in [-0.4, -0.2) is 72.1 Å². The van der Waals surface area contributed by atoms with Crippen LogP contribution in [0.2, 0.25) is 0 Å².